The van der Waals surface area contributed by atoms with Gasteiger partial charge < -0.3 is 14.2 Å². The Kier molecular flexibility index (Phi) is 65.6. The standard InChI is InChI=1S/C73H134O6/c1-4-7-10-13-16-19-22-24-26-28-30-32-34-35-36-37-39-40-42-44-46-48-51-54-57-60-63-66-72(75)78-69-70(68-77-71(74)65-62-59-56-53-50-21-18-15-12-9-6-3)79-73(76)67-64-61-58-55-52-49-47-45-43-41-38-33-31-29-27-25-23-20-17-14-11-8-5-2/h8,11,17,20,25,27,31,33,70H,4-7,9-10,12-16,18-19,21-24,26,28-30,32,34-69H2,1-3H3/b11-8-,20-17-,27-25-,33-31-. The molecule has 0 aliphatic rings. The number of carbonyl (C=O) groups excluding carboxylic acids is 3. The second-order valence-corrected chi connectivity index (χ2v) is 23.8. The first-order chi connectivity index (χ1) is 39.0. The summed E-state index contributed by atoms with van der Waals surface area (Å²) >= 11 is 0. The third-order valence-electron chi connectivity index (χ3n) is 15.8. The van der Waals surface area contributed by atoms with Gasteiger partial charge in [0.2, 0.25) is 0 Å². The molecular weight excluding hydrogens is 973 g/mol. The topological polar surface area (TPSA) is 78.9 Å². The number of allylic oxidation sites excluding steroid dienone is 8. The molecule has 462 valence electrons. The lowest BCUT2D eigenvalue weighted by molar-refractivity contribution is -0.167. The molecule has 0 spiro atoms. The molecule has 0 fully saturated rings. The molecule has 0 aromatic carbocycles. The summed E-state index contributed by atoms with van der Waals surface area (Å²) in [5.74, 6) is -0.848. The van der Waals surface area contributed by atoms with Gasteiger partial charge in [-0.15, -0.1) is 0 Å². The van der Waals surface area contributed by atoms with Crippen molar-refractivity contribution in [1.82, 2.24) is 0 Å². The first-order valence-electron chi connectivity index (χ1n) is 35.1. The fraction of sp³-hybridized carbons (Fsp3) is 0.849. The van der Waals surface area contributed by atoms with Crippen molar-refractivity contribution in [3.05, 3.63) is 48.6 Å². The van der Waals surface area contributed by atoms with Crippen molar-refractivity contribution < 1.29 is 28.6 Å². The summed E-state index contributed by atoms with van der Waals surface area (Å²) in [7, 11) is 0. The minimum Gasteiger partial charge on any atom is -0.462 e. The van der Waals surface area contributed by atoms with E-state index in [-0.39, 0.29) is 31.1 Å². The van der Waals surface area contributed by atoms with E-state index in [1.54, 1.807) is 0 Å². The van der Waals surface area contributed by atoms with Crippen LogP contribution in [0.3, 0.4) is 0 Å². The zero-order valence-electron chi connectivity index (χ0n) is 53.2. The van der Waals surface area contributed by atoms with Gasteiger partial charge in [0.05, 0.1) is 0 Å². The number of unbranched alkanes of at least 4 members (excludes halogenated alkanes) is 46. The van der Waals surface area contributed by atoms with Crippen molar-refractivity contribution >= 4 is 17.9 Å². The Bertz CT molecular complexity index is 1360. The summed E-state index contributed by atoms with van der Waals surface area (Å²) in [6.45, 7) is 6.59. The summed E-state index contributed by atoms with van der Waals surface area (Å²) in [5, 5.41) is 0. The second kappa shape index (κ2) is 67.9. The number of hydrogen-bond acceptors (Lipinski definition) is 6. The molecule has 1 atom stereocenters. The molecule has 0 aromatic heterocycles. The lowest BCUT2D eigenvalue weighted by Crippen LogP contribution is -2.30. The monoisotopic (exact) mass is 1110 g/mol. The van der Waals surface area contributed by atoms with Crippen LogP contribution in [0.15, 0.2) is 48.6 Å². The quantitative estimate of drug-likeness (QED) is 0.0261. The van der Waals surface area contributed by atoms with Gasteiger partial charge in [0.1, 0.15) is 13.2 Å². The molecule has 6 heteroatoms. The van der Waals surface area contributed by atoms with Gasteiger partial charge >= 0.3 is 17.9 Å². The third kappa shape index (κ3) is 66.1. The third-order valence-corrected chi connectivity index (χ3v) is 15.8. The van der Waals surface area contributed by atoms with Crippen LogP contribution in [0.2, 0.25) is 0 Å². The second-order valence-electron chi connectivity index (χ2n) is 23.8. The van der Waals surface area contributed by atoms with E-state index in [1.807, 2.05) is 0 Å². The lowest BCUT2D eigenvalue weighted by atomic mass is 10.0. The molecule has 79 heavy (non-hydrogen) atoms. The van der Waals surface area contributed by atoms with Gasteiger partial charge in [-0.2, -0.15) is 0 Å². The van der Waals surface area contributed by atoms with E-state index in [4.69, 9.17) is 14.2 Å². The Balaban J connectivity index is 4.17. The average Bonchev–Trinajstić information content (AvgIpc) is 3.45. The van der Waals surface area contributed by atoms with Crippen LogP contribution in [0.25, 0.3) is 0 Å². The smallest absolute Gasteiger partial charge is 0.306 e. The van der Waals surface area contributed by atoms with Gasteiger partial charge in [0, 0.05) is 19.3 Å². The van der Waals surface area contributed by atoms with Crippen LogP contribution in [0.1, 0.15) is 380 Å². The molecule has 0 heterocycles. The highest BCUT2D eigenvalue weighted by Gasteiger charge is 2.19. The number of rotatable bonds is 65. The summed E-state index contributed by atoms with van der Waals surface area (Å²) in [5.41, 5.74) is 0. The van der Waals surface area contributed by atoms with Gasteiger partial charge in [0.15, 0.2) is 6.10 Å². The van der Waals surface area contributed by atoms with Gasteiger partial charge in [-0.3, -0.25) is 14.4 Å². The summed E-state index contributed by atoms with van der Waals surface area (Å²) in [4.78, 5) is 38.4. The summed E-state index contributed by atoms with van der Waals surface area (Å²) in [6, 6.07) is 0. The molecule has 0 saturated heterocycles. The van der Waals surface area contributed by atoms with Crippen LogP contribution in [0.5, 0.6) is 0 Å². The van der Waals surface area contributed by atoms with Crippen LogP contribution in [0, 0.1) is 0 Å². The normalized spacial score (nSPS) is 12.3. The van der Waals surface area contributed by atoms with E-state index in [1.165, 1.54) is 257 Å². The maximum absolute atomic E-state index is 12.9. The molecule has 0 radical (unpaired) electrons. The Morgan fingerprint density at radius 3 is 0.772 bits per heavy atom. The van der Waals surface area contributed by atoms with Crippen LogP contribution in [-0.2, 0) is 28.6 Å². The van der Waals surface area contributed by atoms with Crippen molar-refractivity contribution in [2.45, 2.75) is 386 Å². The fourth-order valence-electron chi connectivity index (χ4n) is 10.6. The molecule has 6 nitrogen and oxygen atoms in total. The Hall–Kier alpha value is -2.63. The van der Waals surface area contributed by atoms with E-state index in [0.29, 0.717) is 19.3 Å². The van der Waals surface area contributed by atoms with Crippen molar-refractivity contribution in [2.75, 3.05) is 13.2 Å². The summed E-state index contributed by atoms with van der Waals surface area (Å²) < 4.78 is 17.0. The first-order valence-corrected chi connectivity index (χ1v) is 35.1. The molecule has 0 bridgehead atoms. The van der Waals surface area contributed by atoms with E-state index in [9.17, 15) is 14.4 Å². The van der Waals surface area contributed by atoms with Crippen molar-refractivity contribution in [1.29, 1.82) is 0 Å². The first kappa shape index (κ1) is 76.4. The molecule has 0 amide bonds. The molecule has 0 rings (SSSR count). The molecule has 0 N–H and O–H groups in total. The number of esters is 3. The Labute approximate surface area is 492 Å². The van der Waals surface area contributed by atoms with Crippen LogP contribution in [0.4, 0.5) is 0 Å². The molecule has 0 aliphatic carbocycles. The van der Waals surface area contributed by atoms with Crippen LogP contribution < -0.4 is 0 Å². The highest BCUT2D eigenvalue weighted by atomic mass is 16.6. The van der Waals surface area contributed by atoms with Crippen molar-refractivity contribution in [3.63, 3.8) is 0 Å². The molecule has 0 aliphatic heterocycles. The number of ether oxygens (including phenoxy) is 3. The molecule has 0 saturated carbocycles. The fourth-order valence-corrected chi connectivity index (χ4v) is 10.6. The predicted molar refractivity (Wildman–Crippen MR) is 344 cm³/mol. The highest BCUT2D eigenvalue weighted by Crippen LogP contribution is 2.19. The Morgan fingerprint density at radius 1 is 0.266 bits per heavy atom. The van der Waals surface area contributed by atoms with Gasteiger partial charge in [-0.05, 0) is 57.8 Å². The minimum absolute atomic E-state index is 0.0692. The van der Waals surface area contributed by atoms with Gasteiger partial charge in [-0.1, -0.05) is 352 Å². The SMILES string of the molecule is CC/C=C\C/C=C\C/C=C\C/C=C\CCCCCCCCCCCCC(=O)OC(COC(=O)CCCCCCCCCCCCC)COC(=O)CCCCCCCCCCCCCCCCCCCCCCCCCCCCC. The molecule has 1 unspecified atom stereocenters. The van der Waals surface area contributed by atoms with Gasteiger partial charge in [0.25, 0.3) is 0 Å². The molecular formula is C73H134O6. The minimum atomic E-state index is -0.773. The van der Waals surface area contributed by atoms with Gasteiger partial charge in [-0.25, -0.2) is 0 Å². The maximum Gasteiger partial charge on any atom is 0.306 e. The number of carbonyl (C=O) groups is 3. The van der Waals surface area contributed by atoms with Crippen molar-refractivity contribution in [2.24, 2.45) is 0 Å². The maximum atomic E-state index is 12.9. The van der Waals surface area contributed by atoms with Crippen LogP contribution in [-0.4, -0.2) is 37.2 Å². The summed E-state index contributed by atoms with van der Waals surface area (Å²) in [6.07, 6.45) is 85.8. The average molecular weight is 1110 g/mol. The lowest BCUT2D eigenvalue weighted by Gasteiger charge is -2.18. The highest BCUT2D eigenvalue weighted by molar-refractivity contribution is 5.71. The predicted octanol–water partition coefficient (Wildman–Crippen LogP) is 24.1. The van der Waals surface area contributed by atoms with Crippen LogP contribution >= 0.6 is 0 Å². The zero-order valence-corrected chi connectivity index (χ0v) is 53.2. The largest absolute Gasteiger partial charge is 0.462 e. The number of hydrogen-bond donors (Lipinski definition) is 0. The van der Waals surface area contributed by atoms with E-state index >= 15 is 0 Å². The van der Waals surface area contributed by atoms with E-state index in [0.717, 1.165) is 83.5 Å². The van der Waals surface area contributed by atoms with Crippen molar-refractivity contribution in [3.8, 4) is 0 Å². The zero-order chi connectivity index (χ0) is 57.1. The van der Waals surface area contributed by atoms with E-state index < -0.39 is 6.10 Å². The Morgan fingerprint density at radius 2 is 0.494 bits per heavy atom. The van der Waals surface area contributed by atoms with E-state index in [2.05, 4.69) is 69.4 Å². The molecule has 0 aromatic rings.